The number of anilines is 1. The fraction of sp³-hybridized carbons (Fsp3) is 0.190. The number of nitrogens with one attached hydrogen (secondary N) is 1. The van der Waals surface area contributed by atoms with E-state index < -0.39 is 27.1 Å². The molecule has 3 rings (SSSR count). The standard InChI is InChI=1S/C21H19N3O6S/c1-12-4-13(2)6-17(5-12)30-10-15-7-20(31-11-15)21(25)22-16-8-18(23(26)27)14(3)19(9-16)24(28)29/h4-9,11H,10H2,1-3H3,(H,22,25). The Morgan fingerprint density at radius 1 is 0.968 bits per heavy atom. The Kier molecular flexibility index (Phi) is 6.30. The van der Waals surface area contributed by atoms with Crippen molar-refractivity contribution >= 4 is 34.3 Å². The van der Waals surface area contributed by atoms with Crippen molar-refractivity contribution in [2.45, 2.75) is 27.4 Å². The molecule has 0 unspecified atom stereocenters. The summed E-state index contributed by atoms with van der Waals surface area (Å²) >= 11 is 1.18. The maximum Gasteiger partial charge on any atom is 0.281 e. The first kappa shape index (κ1) is 21.9. The summed E-state index contributed by atoms with van der Waals surface area (Å²) < 4.78 is 5.79. The largest absolute Gasteiger partial charge is 0.489 e. The Hall–Kier alpha value is -3.79. The van der Waals surface area contributed by atoms with Crippen molar-refractivity contribution in [1.29, 1.82) is 0 Å². The average Bonchev–Trinajstić information content (AvgIpc) is 3.15. The molecule has 0 aliphatic carbocycles. The van der Waals surface area contributed by atoms with E-state index in [4.69, 9.17) is 4.74 Å². The number of hydrogen-bond donors (Lipinski definition) is 1. The van der Waals surface area contributed by atoms with Gasteiger partial charge in [-0.3, -0.25) is 25.0 Å². The van der Waals surface area contributed by atoms with Crippen LogP contribution < -0.4 is 10.1 Å². The summed E-state index contributed by atoms with van der Waals surface area (Å²) in [6.45, 7) is 5.52. The monoisotopic (exact) mass is 441 g/mol. The molecule has 31 heavy (non-hydrogen) atoms. The van der Waals surface area contributed by atoms with Crippen molar-refractivity contribution in [2.75, 3.05) is 5.32 Å². The van der Waals surface area contributed by atoms with Crippen molar-refractivity contribution in [3.05, 3.63) is 89.1 Å². The number of rotatable bonds is 7. The third kappa shape index (κ3) is 5.23. The van der Waals surface area contributed by atoms with Gasteiger partial charge in [0.1, 0.15) is 17.9 Å². The summed E-state index contributed by atoms with van der Waals surface area (Å²) in [4.78, 5) is 33.9. The van der Waals surface area contributed by atoms with E-state index in [0.717, 1.165) is 34.6 Å². The van der Waals surface area contributed by atoms with E-state index in [0.29, 0.717) is 4.88 Å². The van der Waals surface area contributed by atoms with E-state index in [1.54, 1.807) is 11.4 Å². The molecular formula is C21H19N3O6S. The van der Waals surface area contributed by atoms with Gasteiger partial charge in [0.05, 0.1) is 20.4 Å². The van der Waals surface area contributed by atoms with Crippen LogP contribution in [0.15, 0.2) is 41.8 Å². The van der Waals surface area contributed by atoms with Crippen LogP contribution >= 0.6 is 11.3 Å². The maximum atomic E-state index is 12.6. The summed E-state index contributed by atoms with van der Waals surface area (Å²) in [6, 6.07) is 9.75. The Bertz CT molecular complexity index is 1130. The molecule has 0 saturated heterocycles. The minimum absolute atomic E-state index is 0.0181. The van der Waals surface area contributed by atoms with Gasteiger partial charge in [0.25, 0.3) is 17.3 Å². The van der Waals surface area contributed by atoms with E-state index in [2.05, 4.69) is 5.32 Å². The molecule has 0 aliphatic rings. The first-order valence-corrected chi connectivity index (χ1v) is 10.1. The molecule has 0 aliphatic heterocycles. The second-order valence-electron chi connectivity index (χ2n) is 7.04. The number of nitro benzene ring substituents is 2. The Morgan fingerprint density at radius 2 is 1.55 bits per heavy atom. The first-order valence-electron chi connectivity index (χ1n) is 9.17. The number of benzene rings is 2. The summed E-state index contributed by atoms with van der Waals surface area (Å²) in [7, 11) is 0. The minimum Gasteiger partial charge on any atom is -0.489 e. The molecule has 10 heteroatoms. The smallest absolute Gasteiger partial charge is 0.281 e. The molecule has 1 N–H and O–H groups in total. The number of nitrogens with zero attached hydrogens (tertiary/aromatic N) is 2. The highest BCUT2D eigenvalue weighted by Crippen LogP contribution is 2.32. The van der Waals surface area contributed by atoms with Gasteiger partial charge in [0, 0.05) is 17.7 Å². The van der Waals surface area contributed by atoms with Crippen LogP contribution in [0.1, 0.15) is 31.9 Å². The van der Waals surface area contributed by atoms with Crippen molar-refractivity contribution in [2.24, 2.45) is 0 Å². The molecule has 0 atom stereocenters. The van der Waals surface area contributed by atoms with Gasteiger partial charge in [0.15, 0.2) is 0 Å². The SMILES string of the molecule is Cc1cc(C)cc(OCc2csc(C(=O)Nc3cc([N+](=O)[O-])c(C)c([N+](=O)[O-])c3)c2)c1. The first-order chi connectivity index (χ1) is 14.6. The number of amides is 1. The van der Waals surface area contributed by atoms with Crippen LogP contribution in [0, 0.1) is 41.0 Å². The molecule has 1 amide bonds. The van der Waals surface area contributed by atoms with Crippen LogP contribution in [0.25, 0.3) is 0 Å². The van der Waals surface area contributed by atoms with E-state index in [9.17, 15) is 25.0 Å². The second kappa shape index (κ2) is 8.92. The zero-order chi connectivity index (χ0) is 22.7. The van der Waals surface area contributed by atoms with Crippen molar-refractivity contribution in [1.82, 2.24) is 0 Å². The molecular weight excluding hydrogens is 422 g/mol. The third-order valence-corrected chi connectivity index (χ3v) is 5.46. The lowest BCUT2D eigenvalue weighted by atomic mass is 10.1. The summed E-state index contributed by atoms with van der Waals surface area (Å²) in [5.41, 5.74) is 2.00. The van der Waals surface area contributed by atoms with Gasteiger partial charge in [0.2, 0.25) is 0 Å². The third-order valence-electron chi connectivity index (χ3n) is 4.48. The zero-order valence-electron chi connectivity index (χ0n) is 17.0. The molecule has 0 fully saturated rings. The Morgan fingerprint density at radius 3 is 2.10 bits per heavy atom. The minimum atomic E-state index is -0.717. The highest BCUT2D eigenvalue weighted by Gasteiger charge is 2.24. The van der Waals surface area contributed by atoms with Gasteiger partial charge in [-0.2, -0.15) is 0 Å². The highest BCUT2D eigenvalue weighted by molar-refractivity contribution is 7.12. The van der Waals surface area contributed by atoms with Gasteiger partial charge < -0.3 is 10.1 Å². The zero-order valence-corrected chi connectivity index (χ0v) is 17.8. The fourth-order valence-corrected chi connectivity index (χ4v) is 3.87. The number of carbonyl (C=O) groups is 1. The van der Waals surface area contributed by atoms with E-state index in [1.165, 1.54) is 18.3 Å². The van der Waals surface area contributed by atoms with Crippen molar-refractivity contribution in [3.8, 4) is 5.75 Å². The number of aryl methyl sites for hydroxylation is 2. The van der Waals surface area contributed by atoms with Gasteiger partial charge in [-0.25, -0.2) is 0 Å². The molecule has 1 heterocycles. The van der Waals surface area contributed by atoms with Crippen molar-refractivity contribution in [3.63, 3.8) is 0 Å². The molecule has 0 radical (unpaired) electrons. The Balaban J connectivity index is 1.74. The second-order valence-corrected chi connectivity index (χ2v) is 7.95. The van der Waals surface area contributed by atoms with Crippen LogP contribution in [0.5, 0.6) is 5.75 Å². The van der Waals surface area contributed by atoms with E-state index >= 15 is 0 Å². The topological polar surface area (TPSA) is 125 Å². The van der Waals surface area contributed by atoms with Crippen LogP contribution in [-0.4, -0.2) is 15.8 Å². The molecule has 0 saturated carbocycles. The normalized spacial score (nSPS) is 10.5. The lowest BCUT2D eigenvalue weighted by molar-refractivity contribution is -0.395. The summed E-state index contributed by atoms with van der Waals surface area (Å²) in [6.07, 6.45) is 0. The quantitative estimate of drug-likeness (QED) is 0.391. The fourth-order valence-electron chi connectivity index (χ4n) is 3.08. The number of nitro groups is 2. The molecule has 2 aromatic carbocycles. The van der Waals surface area contributed by atoms with Crippen LogP contribution in [0.2, 0.25) is 0 Å². The van der Waals surface area contributed by atoms with Crippen LogP contribution in [0.3, 0.4) is 0 Å². The summed E-state index contributed by atoms with van der Waals surface area (Å²) in [5.74, 6) is 0.212. The lowest BCUT2D eigenvalue weighted by Crippen LogP contribution is -2.11. The van der Waals surface area contributed by atoms with E-state index in [-0.39, 0.29) is 17.9 Å². The van der Waals surface area contributed by atoms with E-state index in [1.807, 2.05) is 32.0 Å². The molecule has 160 valence electrons. The van der Waals surface area contributed by atoms with Gasteiger partial charge in [-0.1, -0.05) is 6.07 Å². The van der Waals surface area contributed by atoms with Crippen molar-refractivity contribution < 1.29 is 19.4 Å². The Labute approximate surface area is 181 Å². The number of thiophene rings is 1. The molecule has 9 nitrogen and oxygen atoms in total. The lowest BCUT2D eigenvalue weighted by Gasteiger charge is -2.07. The predicted octanol–water partition coefficient (Wildman–Crippen LogP) is 5.32. The maximum absolute atomic E-state index is 12.6. The predicted molar refractivity (Wildman–Crippen MR) is 117 cm³/mol. The number of hydrogen-bond acceptors (Lipinski definition) is 7. The molecule has 0 bridgehead atoms. The van der Waals surface area contributed by atoms with Gasteiger partial charge in [-0.15, -0.1) is 11.3 Å². The molecule has 1 aromatic heterocycles. The van der Waals surface area contributed by atoms with Gasteiger partial charge in [-0.05, 0) is 55.5 Å². The molecule has 3 aromatic rings. The number of carbonyl (C=O) groups excluding carboxylic acids is 1. The van der Waals surface area contributed by atoms with Crippen LogP contribution in [0.4, 0.5) is 17.1 Å². The highest BCUT2D eigenvalue weighted by atomic mass is 32.1. The van der Waals surface area contributed by atoms with Gasteiger partial charge >= 0.3 is 0 Å². The average molecular weight is 441 g/mol. The number of ether oxygens (including phenoxy) is 1. The molecule has 0 spiro atoms. The summed E-state index contributed by atoms with van der Waals surface area (Å²) in [5, 5.41) is 26.7. The van der Waals surface area contributed by atoms with Crippen LogP contribution in [-0.2, 0) is 6.61 Å².